The van der Waals surface area contributed by atoms with E-state index < -0.39 is 0 Å². The summed E-state index contributed by atoms with van der Waals surface area (Å²) in [7, 11) is 0. The molecule has 2 atom stereocenters. The Balaban J connectivity index is 1.68. The minimum Gasteiger partial charge on any atom is -0.379 e. The summed E-state index contributed by atoms with van der Waals surface area (Å²) in [5.41, 5.74) is 9.23. The van der Waals surface area contributed by atoms with Crippen molar-refractivity contribution in [1.29, 1.82) is 0 Å². The van der Waals surface area contributed by atoms with E-state index in [4.69, 9.17) is 22.3 Å². The number of nitrogens with zero attached hydrogens (tertiary/aromatic N) is 2. The summed E-state index contributed by atoms with van der Waals surface area (Å²) >= 11 is 7.48. The van der Waals surface area contributed by atoms with Gasteiger partial charge in [-0.3, -0.25) is 9.79 Å². The molecule has 2 aliphatic rings. The topological polar surface area (TPSA) is 80.4 Å². The van der Waals surface area contributed by atoms with Crippen molar-refractivity contribution in [2.45, 2.75) is 31.7 Å². The van der Waals surface area contributed by atoms with Crippen molar-refractivity contribution in [2.75, 3.05) is 11.1 Å². The fraction of sp³-hybridized carbons (Fsp3) is 0.350. The molecule has 4 rings (SSSR count). The SMILES string of the molecule is C[C@]12N=C(N)SCC1CCCc1ccc(NC(=O)c3ccc(Cl)cn3)cc12. The number of aryl methyl sites for hydroxylation is 1. The second-order valence-electron chi connectivity index (χ2n) is 7.19. The predicted molar refractivity (Wildman–Crippen MR) is 112 cm³/mol. The molecule has 1 aromatic heterocycles. The van der Waals surface area contributed by atoms with Crippen LogP contribution in [0.2, 0.25) is 5.02 Å². The summed E-state index contributed by atoms with van der Waals surface area (Å²) in [5.74, 6) is 1.17. The van der Waals surface area contributed by atoms with Gasteiger partial charge in [-0.25, -0.2) is 4.98 Å². The molecule has 3 N–H and O–H groups in total. The number of benzene rings is 1. The second kappa shape index (κ2) is 7.17. The molecule has 1 unspecified atom stereocenters. The van der Waals surface area contributed by atoms with Crippen LogP contribution in [0.3, 0.4) is 0 Å². The van der Waals surface area contributed by atoms with Gasteiger partial charge in [-0.15, -0.1) is 0 Å². The van der Waals surface area contributed by atoms with E-state index in [1.807, 2.05) is 12.1 Å². The largest absolute Gasteiger partial charge is 0.379 e. The van der Waals surface area contributed by atoms with E-state index in [0.717, 1.165) is 36.3 Å². The molecule has 0 saturated heterocycles. The molecule has 27 heavy (non-hydrogen) atoms. The number of carbonyl (C=O) groups excluding carboxylic acids is 1. The fourth-order valence-corrected chi connectivity index (χ4v) is 5.16. The van der Waals surface area contributed by atoms with Gasteiger partial charge >= 0.3 is 0 Å². The van der Waals surface area contributed by atoms with Crippen LogP contribution >= 0.6 is 23.4 Å². The quantitative estimate of drug-likeness (QED) is 0.790. The standard InChI is InChI=1S/C20H21ClN4OS/c1-20-13(11-27-19(22)25-20)4-2-3-12-5-7-15(9-16(12)20)24-18(26)17-8-6-14(21)10-23-17/h5-10,13H,2-4,11H2,1H3,(H2,22,25)(H,24,26)/t13?,20-/m0/s1. The van der Waals surface area contributed by atoms with Crippen molar-refractivity contribution in [2.24, 2.45) is 16.6 Å². The monoisotopic (exact) mass is 400 g/mol. The molecule has 7 heteroatoms. The third-order valence-electron chi connectivity index (χ3n) is 5.44. The van der Waals surface area contributed by atoms with Gasteiger partial charge in [0.05, 0.1) is 10.6 Å². The zero-order valence-electron chi connectivity index (χ0n) is 15.0. The van der Waals surface area contributed by atoms with Crippen LogP contribution in [0.5, 0.6) is 0 Å². The predicted octanol–water partition coefficient (Wildman–Crippen LogP) is 4.22. The zero-order valence-corrected chi connectivity index (χ0v) is 16.6. The van der Waals surface area contributed by atoms with E-state index in [2.05, 4.69) is 23.3 Å². The molecule has 2 heterocycles. The number of rotatable bonds is 2. The molecule has 0 saturated carbocycles. The highest BCUT2D eigenvalue weighted by Crippen LogP contribution is 2.46. The first kappa shape index (κ1) is 18.3. The number of carbonyl (C=O) groups is 1. The van der Waals surface area contributed by atoms with Gasteiger partial charge < -0.3 is 11.1 Å². The number of aromatic nitrogens is 1. The highest BCUT2D eigenvalue weighted by molar-refractivity contribution is 8.13. The normalized spacial score (nSPS) is 24.2. The van der Waals surface area contributed by atoms with E-state index >= 15 is 0 Å². The maximum atomic E-state index is 12.5. The van der Waals surface area contributed by atoms with E-state index in [9.17, 15) is 4.79 Å². The molecule has 1 aromatic carbocycles. The number of nitrogens with two attached hydrogens (primary N) is 1. The van der Waals surface area contributed by atoms with Crippen LogP contribution in [0, 0.1) is 5.92 Å². The van der Waals surface area contributed by atoms with Crippen molar-refractivity contribution in [3.63, 3.8) is 0 Å². The lowest BCUT2D eigenvalue weighted by Gasteiger charge is -2.37. The van der Waals surface area contributed by atoms with Gasteiger partial charge in [0.25, 0.3) is 5.91 Å². The molecular weight excluding hydrogens is 380 g/mol. The van der Waals surface area contributed by atoms with Crippen LogP contribution < -0.4 is 11.1 Å². The number of hydrogen-bond acceptors (Lipinski definition) is 5. The van der Waals surface area contributed by atoms with Gasteiger partial charge in [-0.2, -0.15) is 0 Å². The van der Waals surface area contributed by atoms with Crippen molar-refractivity contribution in [3.8, 4) is 0 Å². The summed E-state index contributed by atoms with van der Waals surface area (Å²) < 4.78 is 0. The lowest BCUT2D eigenvalue weighted by Crippen LogP contribution is -2.37. The average Bonchev–Trinajstić information content (AvgIpc) is 2.78. The maximum absolute atomic E-state index is 12.5. The molecule has 2 aromatic rings. The summed E-state index contributed by atoms with van der Waals surface area (Å²) in [6.45, 7) is 2.17. The fourth-order valence-electron chi connectivity index (χ4n) is 3.93. The number of hydrogen-bond donors (Lipinski definition) is 2. The third kappa shape index (κ3) is 3.56. The van der Waals surface area contributed by atoms with Gasteiger partial charge in [-0.05, 0) is 67.5 Å². The Hall–Kier alpha value is -2.05. The molecule has 1 amide bonds. The summed E-state index contributed by atoms with van der Waals surface area (Å²) in [5, 5.41) is 4.08. The first-order chi connectivity index (χ1) is 13.0. The lowest BCUT2D eigenvalue weighted by molar-refractivity contribution is 0.102. The minimum atomic E-state index is -0.347. The number of anilines is 1. The molecule has 0 fully saturated rings. The minimum absolute atomic E-state index is 0.260. The molecule has 0 bridgehead atoms. The molecule has 0 radical (unpaired) electrons. The lowest BCUT2D eigenvalue weighted by atomic mass is 9.79. The molecule has 5 nitrogen and oxygen atoms in total. The third-order valence-corrected chi connectivity index (χ3v) is 6.62. The van der Waals surface area contributed by atoms with E-state index in [0.29, 0.717) is 21.8 Å². The Bertz CT molecular complexity index is 915. The smallest absolute Gasteiger partial charge is 0.274 e. The first-order valence-corrected chi connectivity index (χ1v) is 10.4. The maximum Gasteiger partial charge on any atom is 0.274 e. The summed E-state index contributed by atoms with van der Waals surface area (Å²) in [4.78, 5) is 21.4. The number of pyridine rings is 1. The molecular formula is C20H21ClN4OS. The number of nitrogens with one attached hydrogen (secondary N) is 1. The van der Waals surface area contributed by atoms with Crippen molar-refractivity contribution in [3.05, 3.63) is 58.4 Å². The number of thioether (sulfide) groups is 1. The van der Waals surface area contributed by atoms with Gasteiger partial charge in [0.1, 0.15) is 5.69 Å². The van der Waals surface area contributed by atoms with Gasteiger partial charge in [0.2, 0.25) is 0 Å². The van der Waals surface area contributed by atoms with E-state index in [-0.39, 0.29) is 11.4 Å². The molecule has 0 spiro atoms. The van der Waals surface area contributed by atoms with Gasteiger partial charge in [0, 0.05) is 17.6 Å². The average molecular weight is 401 g/mol. The number of halogens is 1. The summed E-state index contributed by atoms with van der Waals surface area (Å²) in [6, 6.07) is 9.36. The number of aliphatic imine (C=N–C) groups is 1. The number of amidine groups is 1. The summed E-state index contributed by atoms with van der Waals surface area (Å²) in [6.07, 6.45) is 4.76. The van der Waals surface area contributed by atoms with Crippen LogP contribution in [-0.2, 0) is 12.0 Å². The Morgan fingerprint density at radius 1 is 1.37 bits per heavy atom. The number of amides is 1. The molecule has 1 aliphatic carbocycles. The van der Waals surface area contributed by atoms with Crippen molar-refractivity contribution in [1.82, 2.24) is 4.98 Å². The van der Waals surface area contributed by atoms with Crippen LogP contribution in [0.1, 0.15) is 41.4 Å². The Morgan fingerprint density at radius 3 is 3.00 bits per heavy atom. The van der Waals surface area contributed by atoms with E-state index in [1.165, 1.54) is 11.8 Å². The zero-order chi connectivity index (χ0) is 19.0. The van der Waals surface area contributed by atoms with Crippen molar-refractivity contribution >= 4 is 40.1 Å². The molecule has 140 valence electrons. The van der Waals surface area contributed by atoms with Crippen LogP contribution in [0.15, 0.2) is 41.5 Å². The Morgan fingerprint density at radius 2 is 2.22 bits per heavy atom. The van der Waals surface area contributed by atoms with Gasteiger partial charge in [0.15, 0.2) is 5.17 Å². The highest BCUT2D eigenvalue weighted by Gasteiger charge is 2.41. The van der Waals surface area contributed by atoms with Gasteiger partial charge in [-0.1, -0.05) is 29.4 Å². The Labute approximate surface area is 167 Å². The van der Waals surface area contributed by atoms with Crippen LogP contribution in [0.4, 0.5) is 5.69 Å². The van der Waals surface area contributed by atoms with Crippen molar-refractivity contribution < 1.29 is 4.79 Å². The second-order valence-corrected chi connectivity index (χ2v) is 8.66. The highest BCUT2D eigenvalue weighted by atomic mass is 35.5. The Kier molecular flexibility index (Phi) is 4.86. The molecule has 1 aliphatic heterocycles. The first-order valence-electron chi connectivity index (χ1n) is 9.00. The van der Waals surface area contributed by atoms with Crippen LogP contribution in [0.25, 0.3) is 0 Å². The van der Waals surface area contributed by atoms with E-state index in [1.54, 1.807) is 23.9 Å². The number of fused-ring (bicyclic) bond motifs is 3. The van der Waals surface area contributed by atoms with Crippen LogP contribution in [-0.4, -0.2) is 21.8 Å².